The van der Waals surface area contributed by atoms with Crippen LogP contribution in [0, 0.1) is 6.92 Å². The summed E-state index contributed by atoms with van der Waals surface area (Å²) in [4.78, 5) is 0.190. The SMILES string of the molecule is Cc1c(Cl)cccc1S(=O)(=O)NCCNCC(C)O. The zero-order valence-corrected chi connectivity index (χ0v) is 12.6. The molecule has 1 aromatic rings. The third-order valence-electron chi connectivity index (χ3n) is 2.54. The molecule has 0 bridgehead atoms. The number of nitrogens with one attached hydrogen (secondary N) is 2. The summed E-state index contributed by atoms with van der Waals surface area (Å²) in [6.07, 6.45) is -0.452. The van der Waals surface area contributed by atoms with E-state index in [4.69, 9.17) is 16.7 Å². The van der Waals surface area contributed by atoms with Crippen LogP contribution < -0.4 is 10.0 Å². The van der Waals surface area contributed by atoms with Gasteiger partial charge in [-0.3, -0.25) is 0 Å². The van der Waals surface area contributed by atoms with Crippen LogP contribution >= 0.6 is 11.6 Å². The van der Waals surface area contributed by atoms with Gasteiger partial charge < -0.3 is 10.4 Å². The Morgan fingerprint density at radius 2 is 2.05 bits per heavy atom. The molecule has 0 spiro atoms. The van der Waals surface area contributed by atoms with Crippen molar-refractivity contribution in [1.82, 2.24) is 10.0 Å². The molecule has 1 atom stereocenters. The van der Waals surface area contributed by atoms with E-state index in [-0.39, 0.29) is 11.4 Å². The van der Waals surface area contributed by atoms with Crippen molar-refractivity contribution in [1.29, 1.82) is 0 Å². The van der Waals surface area contributed by atoms with Crippen LogP contribution in [0.15, 0.2) is 23.1 Å². The predicted molar refractivity (Wildman–Crippen MR) is 75.9 cm³/mol. The highest BCUT2D eigenvalue weighted by molar-refractivity contribution is 7.89. The summed E-state index contributed by atoms with van der Waals surface area (Å²) in [7, 11) is -3.55. The van der Waals surface area contributed by atoms with Crippen LogP contribution in [-0.4, -0.2) is 39.3 Å². The first-order chi connectivity index (χ1) is 8.84. The average molecular weight is 307 g/mol. The lowest BCUT2D eigenvalue weighted by Crippen LogP contribution is -2.34. The lowest BCUT2D eigenvalue weighted by atomic mass is 10.2. The monoisotopic (exact) mass is 306 g/mol. The van der Waals surface area contributed by atoms with E-state index in [9.17, 15) is 8.42 Å². The molecule has 5 nitrogen and oxygen atoms in total. The molecule has 0 fully saturated rings. The smallest absolute Gasteiger partial charge is 0.240 e. The highest BCUT2D eigenvalue weighted by Gasteiger charge is 2.17. The van der Waals surface area contributed by atoms with E-state index in [0.717, 1.165) is 0 Å². The van der Waals surface area contributed by atoms with E-state index in [1.165, 1.54) is 6.07 Å². The molecule has 0 saturated carbocycles. The van der Waals surface area contributed by atoms with Crippen LogP contribution in [-0.2, 0) is 10.0 Å². The molecular formula is C12H19ClN2O3S. The molecule has 108 valence electrons. The van der Waals surface area contributed by atoms with Crippen LogP contribution in [0.1, 0.15) is 12.5 Å². The van der Waals surface area contributed by atoms with Crippen molar-refractivity contribution in [3.8, 4) is 0 Å². The molecule has 0 aliphatic heterocycles. The number of hydrogen-bond donors (Lipinski definition) is 3. The van der Waals surface area contributed by atoms with Crippen LogP contribution in [0.4, 0.5) is 0 Å². The van der Waals surface area contributed by atoms with Crippen LogP contribution in [0.25, 0.3) is 0 Å². The Hall–Kier alpha value is -0.660. The molecule has 1 rings (SSSR count). The number of aliphatic hydroxyl groups excluding tert-OH is 1. The summed E-state index contributed by atoms with van der Waals surface area (Å²) < 4.78 is 26.6. The van der Waals surface area contributed by atoms with E-state index in [0.29, 0.717) is 23.7 Å². The minimum Gasteiger partial charge on any atom is -0.392 e. The molecule has 1 unspecified atom stereocenters. The van der Waals surface area contributed by atoms with Gasteiger partial charge in [-0.15, -0.1) is 0 Å². The molecule has 0 amide bonds. The maximum absolute atomic E-state index is 12.1. The maximum atomic E-state index is 12.1. The van der Waals surface area contributed by atoms with Gasteiger partial charge in [-0.2, -0.15) is 0 Å². The number of hydrogen-bond acceptors (Lipinski definition) is 4. The molecule has 0 aromatic heterocycles. The van der Waals surface area contributed by atoms with Crippen molar-refractivity contribution < 1.29 is 13.5 Å². The summed E-state index contributed by atoms with van der Waals surface area (Å²) in [5.41, 5.74) is 0.536. The standard InChI is InChI=1S/C12H19ClN2O3S/c1-9(16)8-14-6-7-15-19(17,18)12-5-3-4-11(13)10(12)2/h3-5,9,14-16H,6-8H2,1-2H3. The third kappa shape index (κ3) is 5.08. The van der Waals surface area contributed by atoms with E-state index in [2.05, 4.69) is 10.0 Å². The second-order valence-corrected chi connectivity index (χ2v) is 6.46. The van der Waals surface area contributed by atoms with Gasteiger partial charge in [-0.1, -0.05) is 17.7 Å². The first kappa shape index (κ1) is 16.4. The number of sulfonamides is 1. The second-order valence-electron chi connectivity index (χ2n) is 4.31. The minimum absolute atomic E-state index is 0.190. The van der Waals surface area contributed by atoms with Gasteiger partial charge >= 0.3 is 0 Å². The van der Waals surface area contributed by atoms with Crippen molar-refractivity contribution in [3.63, 3.8) is 0 Å². The van der Waals surface area contributed by atoms with Crippen molar-refractivity contribution in [2.24, 2.45) is 0 Å². The Morgan fingerprint density at radius 3 is 2.68 bits per heavy atom. The van der Waals surface area contributed by atoms with Crippen molar-refractivity contribution in [3.05, 3.63) is 28.8 Å². The first-order valence-electron chi connectivity index (χ1n) is 5.98. The van der Waals surface area contributed by atoms with E-state index >= 15 is 0 Å². The topological polar surface area (TPSA) is 78.4 Å². The minimum atomic E-state index is -3.55. The molecule has 3 N–H and O–H groups in total. The molecule has 0 saturated heterocycles. The average Bonchev–Trinajstić information content (AvgIpc) is 2.31. The quantitative estimate of drug-likeness (QED) is 0.654. The van der Waals surface area contributed by atoms with Gasteiger partial charge in [0.1, 0.15) is 0 Å². The predicted octanol–water partition coefficient (Wildman–Crippen LogP) is 0.897. The zero-order chi connectivity index (χ0) is 14.5. The van der Waals surface area contributed by atoms with Gasteiger partial charge in [0, 0.05) is 24.7 Å². The Balaban J connectivity index is 2.59. The Labute approximate surface area is 119 Å². The Kier molecular flexibility index (Phi) is 6.22. The third-order valence-corrected chi connectivity index (χ3v) is 4.56. The summed E-state index contributed by atoms with van der Waals surface area (Å²) in [6.45, 7) is 4.46. The summed E-state index contributed by atoms with van der Waals surface area (Å²) in [5, 5.41) is 12.4. The van der Waals surface area contributed by atoms with Crippen molar-refractivity contribution >= 4 is 21.6 Å². The van der Waals surface area contributed by atoms with Gasteiger partial charge in [0.25, 0.3) is 0 Å². The van der Waals surface area contributed by atoms with Gasteiger partial charge in [0.15, 0.2) is 0 Å². The molecule has 0 radical (unpaired) electrons. The van der Waals surface area contributed by atoms with Crippen LogP contribution in [0.3, 0.4) is 0 Å². The van der Waals surface area contributed by atoms with E-state index in [1.54, 1.807) is 26.0 Å². The summed E-state index contributed by atoms with van der Waals surface area (Å²) in [6, 6.07) is 4.78. The largest absolute Gasteiger partial charge is 0.392 e. The van der Waals surface area contributed by atoms with E-state index < -0.39 is 16.1 Å². The zero-order valence-electron chi connectivity index (χ0n) is 11.0. The Morgan fingerprint density at radius 1 is 1.37 bits per heavy atom. The lowest BCUT2D eigenvalue weighted by molar-refractivity contribution is 0.192. The number of rotatable bonds is 7. The summed E-state index contributed by atoms with van der Waals surface area (Å²) >= 11 is 5.91. The van der Waals surface area contributed by atoms with Gasteiger partial charge in [-0.25, -0.2) is 13.1 Å². The van der Waals surface area contributed by atoms with Crippen molar-refractivity contribution in [2.75, 3.05) is 19.6 Å². The summed E-state index contributed by atoms with van der Waals surface area (Å²) in [5.74, 6) is 0. The van der Waals surface area contributed by atoms with E-state index in [1.807, 2.05) is 0 Å². The van der Waals surface area contributed by atoms with Gasteiger partial charge in [-0.05, 0) is 31.5 Å². The molecule has 0 aliphatic rings. The normalized spacial score (nSPS) is 13.5. The van der Waals surface area contributed by atoms with Gasteiger partial charge in [0.2, 0.25) is 10.0 Å². The molecule has 7 heteroatoms. The highest BCUT2D eigenvalue weighted by Crippen LogP contribution is 2.22. The van der Waals surface area contributed by atoms with Gasteiger partial charge in [0.05, 0.1) is 11.0 Å². The molecular weight excluding hydrogens is 288 g/mol. The van der Waals surface area contributed by atoms with Crippen LogP contribution in [0.2, 0.25) is 5.02 Å². The molecule has 0 heterocycles. The lowest BCUT2D eigenvalue weighted by Gasteiger charge is -2.11. The second kappa shape index (κ2) is 7.21. The number of benzene rings is 1. The number of halogens is 1. The van der Waals surface area contributed by atoms with Crippen molar-refractivity contribution in [2.45, 2.75) is 24.8 Å². The molecule has 19 heavy (non-hydrogen) atoms. The Bertz CT molecular complexity index is 518. The first-order valence-corrected chi connectivity index (χ1v) is 7.84. The fourth-order valence-corrected chi connectivity index (χ4v) is 3.07. The fourth-order valence-electron chi connectivity index (χ4n) is 1.54. The maximum Gasteiger partial charge on any atom is 0.240 e. The molecule has 1 aromatic carbocycles. The fraction of sp³-hybridized carbons (Fsp3) is 0.500. The molecule has 0 aliphatic carbocycles. The van der Waals surface area contributed by atoms with Crippen LogP contribution in [0.5, 0.6) is 0 Å². The highest BCUT2D eigenvalue weighted by atomic mass is 35.5. The number of aliphatic hydroxyl groups is 1.